The molecule has 0 aliphatic carbocycles. The molecule has 0 spiro atoms. The van der Waals surface area contributed by atoms with E-state index in [-0.39, 0.29) is 22.0 Å². The molecule has 3 N–H and O–H groups in total. The van der Waals surface area contributed by atoms with Gasteiger partial charge in [-0.15, -0.1) is 11.8 Å². The van der Waals surface area contributed by atoms with E-state index in [4.69, 9.17) is 5.84 Å². The molecule has 110 valence electrons. The first-order chi connectivity index (χ1) is 10.0. The van der Waals surface area contributed by atoms with Crippen LogP contribution < -0.4 is 11.3 Å². The molecular weight excluding hydrogens is 300 g/mol. The van der Waals surface area contributed by atoms with Crippen molar-refractivity contribution in [3.8, 4) is 0 Å². The van der Waals surface area contributed by atoms with Gasteiger partial charge in [-0.3, -0.25) is 16.0 Å². The van der Waals surface area contributed by atoms with Gasteiger partial charge in [0.1, 0.15) is 17.3 Å². The van der Waals surface area contributed by atoms with E-state index in [1.54, 1.807) is 6.07 Å². The van der Waals surface area contributed by atoms with Gasteiger partial charge >= 0.3 is 0 Å². The van der Waals surface area contributed by atoms with Gasteiger partial charge < -0.3 is 5.43 Å². The summed E-state index contributed by atoms with van der Waals surface area (Å²) < 4.78 is 26.5. The van der Waals surface area contributed by atoms with Crippen LogP contribution in [0.3, 0.4) is 0 Å². The lowest BCUT2D eigenvalue weighted by Gasteiger charge is -2.06. The Morgan fingerprint density at radius 2 is 2.00 bits per heavy atom. The summed E-state index contributed by atoms with van der Waals surface area (Å²) in [5.41, 5.74) is 2.86. The van der Waals surface area contributed by atoms with E-state index in [0.717, 1.165) is 30.0 Å². The number of anilines is 1. The molecule has 0 fully saturated rings. The molecule has 8 heteroatoms. The third kappa shape index (κ3) is 3.67. The highest BCUT2D eigenvalue weighted by molar-refractivity contribution is 7.98. The Kier molecular flexibility index (Phi) is 4.71. The van der Waals surface area contributed by atoms with Gasteiger partial charge in [-0.25, -0.2) is 8.78 Å². The molecule has 0 aliphatic rings. The van der Waals surface area contributed by atoms with Crippen molar-refractivity contribution >= 4 is 23.1 Å². The number of rotatable bonds is 5. The molecule has 0 aromatic heterocycles. The highest BCUT2D eigenvalue weighted by Crippen LogP contribution is 2.30. The van der Waals surface area contributed by atoms with Gasteiger partial charge in [-0.05, 0) is 29.8 Å². The Bertz CT molecular complexity index is 682. The van der Waals surface area contributed by atoms with Gasteiger partial charge in [0, 0.05) is 16.7 Å². The fourth-order valence-electron chi connectivity index (χ4n) is 1.69. The fraction of sp³-hybridized carbons (Fsp3) is 0.0769. The normalized spacial score (nSPS) is 10.4. The summed E-state index contributed by atoms with van der Waals surface area (Å²) in [6.07, 6.45) is 0. The Balaban J connectivity index is 2.18. The van der Waals surface area contributed by atoms with Crippen LogP contribution in [0, 0.1) is 21.7 Å². The first-order valence-electron chi connectivity index (χ1n) is 5.83. The van der Waals surface area contributed by atoms with Crippen LogP contribution in [-0.4, -0.2) is 4.92 Å². The molecule has 2 aromatic carbocycles. The molecule has 21 heavy (non-hydrogen) atoms. The number of hydrazine groups is 1. The van der Waals surface area contributed by atoms with Crippen LogP contribution in [0.2, 0.25) is 0 Å². The maximum atomic E-state index is 13.5. The SMILES string of the molecule is NNc1ccc(CSc2cc(F)ccc2F)cc1[N+](=O)[O-]. The quantitative estimate of drug-likeness (QED) is 0.382. The minimum atomic E-state index is -0.563. The number of nitrogen functional groups attached to an aromatic ring is 1. The molecule has 2 rings (SSSR count). The third-order valence-corrected chi connectivity index (χ3v) is 3.80. The second kappa shape index (κ2) is 6.51. The second-order valence-electron chi connectivity index (χ2n) is 4.12. The van der Waals surface area contributed by atoms with Crippen LogP contribution >= 0.6 is 11.8 Å². The molecule has 0 atom stereocenters. The number of nitro groups is 1. The Hall–Kier alpha value is -2.19. The molecule has 0 unspecified atom stereocenters. The lowest BCUT2D eigenvalue weighted by molar-refractivity contribution is -0.384. The largest absolute Gasteiger partial charge is 0.318 e. The van der Waals surface area contributed by atoms with Crippen LogP contribution in [-0.2, 0) is 5.75 Å². The fourth-order valence-corrected chi connectivity index (χ4v) is 2.59. The molecular formula is C13H11F2N3O2S. The highest BCUT2D eigenvalue weighted by Gasteiger charge is 2.14. The molecule has 0 saturated heterocycles. The van der Waals surface area contributed by atoms with E-state index in [1.807, 2.05) is 0 Å². The zero-order chi connectivity index (χ0) is 15.4. The van der Waals surface area contributed by atoms with Crippen molar-refractivity contribution in [1.82, 2.24) is 0 Å². The van der Waals surface area contributed by atoms with E-state index in [2.05, 4.69) is 5.43 Å². The maximum Gasteiger partial charge on any atom is 0.293 e. The van der Waals surface area contributed by atoms with Crippen molar-refractivity contribution in [3.63, 3.8) is 0 Å². The standard InChI is InChI=1S/C13H11F2N3O2S/c14-9-2-3-10(15)13(6-9)21-7-8-1-4-11(17-16)12(5-8)18(19)20/h1-6,17H,7,16H2. The van der Waals surface area contributed by atoms with Gasteiger partial charge in [0.25, 0.3) is 5.69 Å². The van der Waals surface area contributed by atoms with Gasteiger partial charge in [-0.1, -0.05) is 6.07 Å². The van der Waals surface area contributed by atoms with E-state index in [1.165, 1.54) is 12.1 Å². The van der Waals surface area contributed by atoms with Crippen LogP contribution in [0.5, 0.6) is 0 Å². The summed E-state index contributed by atoms with van der Waals surface area (Å²) in [6, 6.07) is 7.61. The number of benzene rings is 2. The third-order valence-electron chi connectivity index (χ3n) is 2.70. The number of nitrogens with one attached hydrogen (secondary N) is 1. The summed E-state index contributed by atoms with van der Waals surface area (Å²) in [7, 11) is 0. The lowest BCUT2D eigenvalue weighted by Crippen LogP contribution is -2.09. The molecule has 5 nitrogen and oxygen atoms in total. The zero-order valence-corrected chi connectivity index (χ0v) is 11.5. The summed E-state index contributed by atoms with van der Waals surface area (Å²) in [6.45, 7) is 0. The summed E-state index contributed by atoms with van der Waals surface area (Å²) in [5, 5.41) is 10.9. The number of halogens is 2. The smallest absolute Gasteiger partial charge is 0.293 e. The van der Waals surface area contributed by atoms with E-state index in [9.17, 15) is 18.9 Å². The van der Waals surface area contributed by atoms with E-state index < -0.39 is 16.6 Å². The molecule has 0 radical (unpaired) electrons. The minimum absolute atomic E-state index is 0.152. The van der Waals surface area contributed by atoms with Crippen molar-refractivity contribution in [3.05, 3.63) is 63.7 Å². The predicted molar refractivity (Wildman–Crippen MR) is 76.8 cm³/mol. The molecule has 0 bridgehead atoms. The minimum Gasteiger partial charge on any atom is -0.318 e. The first kappa shape index (κ1) is 15.2. The predicted octanol–water partition coefficient (Wildman–Crippen LogP) is 3.45. The number of nitrogens with zero attached hydrogens (tertiary/aromatic N) is 1. The molecule has 2 aromatic rings. The topological polar surface area (TPSA) is 81.2 Å². The first-order valence-corrected chi connectivity index (χ1v) is 6.81. The van der Waals surface area contributed by atoms with Crippen LogP contribution in [0.4, 0.5) is 20.2 Å². The molecule has 0 heterocycles. The Morgan fingerprint density at radius 3 is 2.67 bits per heavy atom. The lowest BCUT2D eigenvalue weighted by atomic mass is 10.2. The number of nitrogens with two attached hydrogens (primary N) is 1. The van der Waals surface area contributed by atoms with E-state index in [0.29, 0.717) is 5.56 Å². The van der Waals surface area contributed by atoms with Crippen molar-refractivity contribution in [2.75, 3.05) is 5.43 Å². The molecule has 0 aliphatic heterocycles. The van der Waals surface area contributed by atoms with Crippen molar-refractivity contribution < 1.29 is 13.7 Å². The van der Waals surface area contributed by atoms with E-state index >= 15 is 0 Å². The van der Waals surface area contributed by atoms with Gasteiger partial charge in [0.15, 0.2) is 0 Å². The maximum absolute atomic E-state index is 13.5. The zero-order valence-electron chi connectivity index (χ0n) is 10.7. The van der Waals surface area contributed by atoms with Crippen molar-refractivity contribution in [2.45, 2.75) is 10.6 Å². The average Bonchev–Trinajstić information content (AvgIpc) is 2.47. The summed E-state index contributed by atoms with van der Waals surface area (Å²) >= 11 is 1.06. The number of hydrogen-bond donors (Lipinski definition) is 2. The monoisotopic (exact) mass is 311 g/mol. The number of thioether (sulfide) groups is 1. The van der Waals surface area contributed by atoms with Crippen LogP contribution in [0.1, 0.15) is 5.56 Å². The van der Waals surface area contributed by atoms with Crippen LogP contribution in [0.25, 0.3) is 0 Å². The Labute approximate surface area is 123 Å². The van der Waals surface area contributed by atoms with Gasteiger partial charge in [0.05, 0.1) is 4.92 Å². The molecule has 0 amide bonds. The molecule has 0 saturated carbocycles. The second-order valence-corrected chi connectivity index (χ2v) is 5.13. The van der Waals surface area contributed by atoms with Crippen molar-refractivity contribution in [1.29, 1.82) is 0 Å². The Morgan fingerprint density at radius 1 is 1.24 bits per heavy atom. The summed E-state index contributed by atoms with van der Waals surface area (Å²) in [5.74, 6) is 4.39. The summed E-state index contributed by atoms with van der Waals surface area (Å²) in [4.78, 5) is 10.5. The van der Waals surface area contributed by atoms with Gasteiger partial charge in [-0.2, -0.15) is 0 Å². The average molecular weight is 311 g/mol. The number of hydrogen-bond acceptors (Lipinski definition) is 5. The van der Waals surface area contributed by atoms with Crippen molar-refractivity contribution in [2.24, 2.45) is 5.84 Å². The highest BCUT2D eigenvalue weighted by atomic mass is 32.2. The number of nitro benzene ring substituents is 1. The van der Waals surface area contributed by atoms with Gasteiger partial charge in [0.2, 0.25) is 0 Å². The van der Waals surface area contributed by atoms with Crippen LogP contribution in [0.15, 0.2) is 41.3 Å².